The van der Waals surface area contributed by atoms with Crippen molar-refractivity contribution in [1.29, 1.82) is 0 Å². The lowest BCUT2D eigenvalue weighted by atomic mass is 10.0. The minimum atomic E-state index is -4.41. The molecule has 0 amide bonds. The van der Waals surface area contributed by atoms with Gasteiger partial charge >= 0.3 is 19.8 Å². The first-order valence-corrected chi connectivity index (χ1v) is 39.7. The quantitative estimate of drug-likeness (QED) is 0.0211. The molecule has 0 rings (SSSR count). The molecular formula is C86H141NO8P+. The van der Waals surface area contributed by atoms with E-state index < -0.39 is 26.5 Å². The molecule has 2 unspecified atom stereocenters. The van der Waals surface area contributed by atoms with Gasteiger partial charge in [-0.3, -0.25) is 18.6 Å². The number of unbranched alkanes of at least 4 members (excludes halogenated alkanes) is 22. The van der Waals surface area contributed by atoms with Gasteiger partial charge in [0.2, 0.25) is 0 Å². The van der Waals surface area contributed by atoms with E-state index in [1.54, 1.807) is 0 Å². The molecule has 0 aromatic heterocycles. The van der Waals surface area contributed by atoms with Gasteiger partial charge < -0.3 is 18.9 Å². The molecule has 9 nitrogen and oxygen atoms in total. The zero-order chi connectivity index (χ0) is 69.7. The Hall–Kier alpha value is -5.15. The number of allylic oxidation sites excluding steroid dienone is 32. The van der Waals surface area contributed by atoms with E-state index in [0.717, 1.165) is 148 Å². The molecule has 1 N–H and O–H groups in total. The van der Waals surface area contributed by atoms with Crippen molar-refractivity contribution in [2.45, 2.75) is 290 Å². The molecule has 0 aromatic rings. The number of esters is 2. The Labute approximate surface area is 590 Å². The Kier molecular flexibility index (Phi) is 70.1. The van der Waals surface area contributed by atoms with Gasteiger partial charge in [0.1, 0.15) is 19.8 Å². The highest BCUT2D eigenvalue weighted by Crippen LogP contribution is 2.43. The second-order valence-electron chi connectivity index (χ2n) is 25.9. The zero-order valence-corrected chi connectivity index (χ0v) is 62.7. The van der Waals surface area contributed by atoms with E-state index in [9.17, 15) is 19.0 Å². The molecule has 0 saturated carbocycles. The Morgan fingerprint density at radius 1 is 0.323 bits per heavy atom. The van der Waals surface area contributed by atoms with E-state index >= 15 is 0 Å². The highest BCUT2D eigenvalue weighted by molar-refractivity contribution is 7.47. The Morgan fingerprint density at radius 2 is 0.562 bits per heavy atom. The number of carbonyl (C=O) groups excluding carboxylic acids is 2. The molecule has 0 radical (unpaired) electrons. The van der Waals surface area contributed by atoms with E-state index in [2.05, 4.69) is 208 Å². The van der Waals surface area contributed by atoms with Gasteiger partial charge in [0, 0.05) is 12.8 Å². The van der Waals surface area contributed by atoms with Crippen molar-refractivity contribution < 1.29 is 42.1 Å². The third-order valence-electron chi connectivity index (χ3n) is 15.6. The molecule has 0 saturated heterocycles. The summed E-state index contributed by atoms with van der Waals surface area (Å²) < 4.78 is 34.8. The lowest BCUT2D eigenvalue weighted by Crippen LogP contribution is -2.37. The number of hydrogen-bond donors (Lipinski definition) is 1. The van der Waals surface area contributed by atoms with Crippen molar-refractivity contribution in [2.75, 3.05) is 47.5 Å². The van der Waals surface area contributed by atoms with Crippen LogP contribution in [0.4, 0.5) is 0 Å². The summed E-state index contributed by atoms with van der Waals surface area (Å²) in [7, 11) is 1.45. The van der Waals surface area contributed by atoms with Gasteiger partial charge in [-0.2, -0.15) is 0 Å². The minimum Gasteiger partial charge on any atom is -0.462 e. The van der Waals surface area contributed by atoms with E-state index in [4.69, 9.17) is 18.5 Å². The number of likely N-dealkylation sites (N-methyl/N-ethyl adjacent to an activating group) is 1. The van der Waals surface area contributed by atoms with Crippen molar-refractivity contribution in [3.05, 3.63) is 194 Å². The molecule has 0 aliphatic heterocycles. The first kappa shape index (κ1) is 90.8. The summed E-state index contributed by atoms with van der Waals surface area (Å²) in [5, 5.41) is 0. The average Bonchev–Trinajstić information content (AvgIpc) is 1.98. The SMILES string of the molecule is CC/C=C\C/C=C\C/C=C\C/C=C\C/C=C\C/C=C\C/C=C\C/C=C\C/C=C\C/C=C\CCCCCCCCCCC(=O)OC(COC(=O)CCCCCCCCCCCCCCCC/C=C\C/C=C\C/C=C\C/C=C\C/C=C\C/C=C\CC)COP(=O)(O)OCC[N+](C)(C)C. The van der Waals surface area contributed by atoms with Crippen LogP contribution in [0.25, 0.3) is 0 Å². The molecule has 0 bridgehead atoms. The first-order valence-electron chi connectivity index (χ1n) is 38.2. The minimum absolute atomic E-state index is 0.0208. The Balaban J connectivity index is 4.10. The lowest BCUT2D eigenvalue weighted by Gasteiger charge is -2.24. The van der Waals surface area contributed by atoms with E-state index in [-0.39, 0.29) is 32.0 Å². The molecule has 0 aromatic carbocycles. The summed E-state index contributed by atoms with van der Waals surface area (Å²) in [6, 6.07) is 0. The highest BCUT2D eigenvalue weighted by atomic mass is 31.2. The highest BCUT2D eigenvalue weighted by Gasteiger charge is 2.27. The monoisotopic (exact) mass is 1350 g/mol. The van der Waals surface area contributed by atoms with Crippen LogP contribution in [-0.4, -0.2) is 74.9 Å². The van der Waals surface area contributed by atoms with E-state index in [1.807, 2.05) is 21.1 Å². The second kappa shape index (κ2) is 74.1. The summed E-state index contributed by atoms with van der Waals surface area (Å²) in [6.45, 7) is 4.19. The van der Waals surface area contributed by atoms with Crippen LogP contribution in [0.15, 0.2) is 194 Å². The Bertz CT molecular complexity index is 2330. The maximum absolute atomic E-state index is 12.9. The fraction of sp³-hybridized carbons (Fsp3) is 0.605. The van der Waals surface area contributed by atoms with Crippen LogP contribution in [0.5, 0.6) is 0 Å². The third kappa shape index (κ3) is 77.9. The van der Waals surface area contributed by atoms with Crippen LogP contribution in [-0.2, 0) is 32.7 Å². The number of ether oxygens (including phenoxy) is 2. The molecule has 0 spiro atoms. The van der Waals surface area contributed by atoms with Gasteiger partial charge in [-0.1, -0.05) is 324 Å². The molecule has 10 heteroatoms. The van der Waals surface area contributed by atoms with Crippen LogP contribution in [0.2, 0.25) is 0 Å². The van der Waals surface area contributed by atoms with Crippen LogP contribution < -0.4 is 0 Å². The molecule has 0 heterocycles. The predicted molar refractivity (Wildman–Crippen MR) is 417 cm³/mol. The molecule has 0 fully saturated rings. The van der Waals surface area contributed by atoms with Crippen LogP contribution in [0.3, 0.4) is 0 Å². The van der Waals surface area contributed by atoms with Crippen molar-refractivity contribution in [1.82, 2.24) is 0 Å². The van der Waals surface area contributed by atoms with Gasteiger partial charge in [0.15, 0.2) is 6.10 Å². The summed E-state index contributed by atoms with van der Waals surface area (Å²) in [6.07, 6.45) is 115. The fourth-order valence-corrected chi connectivity index (χ4v) is 10.6. The maximum atomic E-state index is 12.9. The van der Waals surface area contributed by atoms with Gasteiger partial charge in [-0.25, -0.2) is 4.57 Å². The smallest absolute Gasteiger partial charge is 0.462 e. The number of nitrogens with zero attached hydrogens (tertiary/aromatic N) is 1. The summed E-state index contributed by atoms with van der Waals surface area (Å²) >= 11 is 0. The van der Waals surface area contributed by atoms with Gasteiger partial charge in [-0.15, -0.1) is 0 Å². The number of rotatable bonds is 68. The van der Waals surface area contributed by atoms with Crippen LogP contribution in [0, 0.1) is 0 Å². The number of quaternary nitrogens is 1. The normalized spacial score (nSPS) is 14.2. The van der Waals surface area contributed by atoms with Crippen LogP contribution >= 0.6 is 7.82 Å². The molecule has 0 aliphatic carbocycles. The number of hydrogen-bond acceptors (Lipinski definition) is 7. The zero-order valence-electron chi connectivity index (χ0n) is 61.8. The number of phosphoric acid groups is 1. The molecular weight excluding hydrogens is 1210 g/mol. The fourth-order valence-electron chi connectivity index (χ4n) is 9.87. The lowest BCUT2D eigenvalue weighted by molar-refractivity contribution is -0.870. The average molecular weight is 1350 g/mol. The number of carbonyl (C=O) groups is 2. The van der Waals surface area contributed by atoms with Crippen LogP contribution in [0.1, 0.15) is 284 Å². The summed E-state index contributed by atoms with van der Waals surface area (Å²) in [5.74, 6) is -0.815. The van der Waals surface area contributed by atoms with Gasteiger partial charge in [0.05, 0.1) is 27.7 Å². The molecule has 2 atom stereocenters. The third-order valence-corrected chi connectivity index (χ3v) is 16.6. The predicted octanol–water partition coefficient (Wildman–Crippen LogP) is 25.6. The van der Waals surface area contributed by atoms with Crippen molar-refractivity contribution in [3.8, 4) is 0 Å². The van der Waals surface area contributed by atoms with E-state index in [1.165, 1.54) is 103 Å². The van der Waals surface area contributed by atoms with Gasteiger partial charge in [0.25, 0.3) is 0 Å². The maximum Gasteiger partial charge on any atom is 0.472 e. The molecule has 542 valence electrons. The number of phosphoric ester groups is 1. The summed E-state index contributed by atoms with van der Waals surface area (Å²) in [5.41, 5.74) is 0. The molecule has 0 aliphatic rings. The van der Waals surface area contributed by atoms with E-state index in [0.29, 0.717) is 17.4 Å². The van der Waals surface area contributed by atoms with Gasteiger partial charge in [-0.05, 0) is 141 Å². The standard InChI is InChI=1S/C86H140NO8P/c1-6-8-10-12-14-16-18-20-22-24-26-28-30-32-34-36-38-40-41-42-43-44-45-47-49-51-53-55-57-59-61-63-65-67-69-71-73-75-77-79-86(89)95-84(83-94-96(90,91)93-81-80-87(3,4)5)82-92-85(88)78-76-74-72-70-68-66-64-62-60-58-56-54-52-50-48-46-39-37-35-33-31-29-27-25-23-21-19-17-15-13-11-9-7-2/h8-11,14-17,20-23,26-29,32-35,38-40,42-43,45-47,51,53,57,59,84H,6-7,12-13,18-19,24-25,30-31,36-37,41,44,48-50,52,54-56,58,60-83H2,1-5H3/p+1/b10-8-,11-9-,16-14-,17-15-,22-20-,23-21-,28-26-,29-27-,34-32-,35-33-,40-38-,43-42-,46-39-,47-45-,53-51-,59-57-. The first-order chi connectivity index (χ1) is 47.0. The van der Waals surface area contributed by atoms with Crippen molar-refractivity contribution >= 4 is 19.8 Å². The topological polar surface area (TPSA) is 108 Å². The Morgan fingerprint density at radius 3 is 0.833 bits per heavy atom. The van der Waals surface area contributed by atoms with Crippen molar-refractivity contribution in [2.24, 2.45) is 0 Å². The summed E-state index contributed by atoms with van der Waals surface area (Å²) in [4.78, 5) is 36.0. The van der Waals surface area contributed by atoms with Crippen molar-refractivity contribution in [3.63, 3.8) is 0 Å². The molecule has 96 heavy (non-hydrogen) atoms. The largest absolute Gasteiger partial charge is 0.472 e. The second-order valence-corrected chi connectivity index (χ2v) is 27.4.